The van der Waals surface area contributed by atoms with E-state index in [2.05, 4.69) is 4.98 Å². The number of rotatable bonds is 6. The van der Waals surface area contributed by atoms with E-state index in [9.17, 15) is 24.3 Å². The Bertz CT molecular complexity index is 1290. The van der Waals surface area contributed by atoms with E-state index in [4.69, 9.17) is 23.4 Å². The fourth-order valence-electron chi connectivity index (χ4n) is 5.54. The fraction of sp³-hybridized carbons (Fsp3) is 0.519. The predicted molar refractivity (Wildman–Crippen MR) is 131 cm³/mol. The molecule has 38 heavy (non-hydrogen) atoms. The maximum absolute atomic E-state index is 13.1. The van der Waals surface area contributed by atoms with Crippen molar-refractivity contribution in [1.29, 1.82) is 0 Å². The van der Waals surface area contributed by atoms with Crippen LogP contribution in [0.15, 0.2) is 39.8 Å². The Balaban J connectivity index is 1.78. The molecular formula is C27H31NO10. The summed E-state index contributed by atoms with van der Waals surface area (Å²) in [5, 5.41) is 11.5. The first kappa shape index (κ1) is 27.3. The highest BCUT2D eigenvalue weighted by Crippen LogP contribution is 2.54. The first-order valence-corrected chi connectivity index (χ1v) is 12.3. The molecule has 0 aromatic carbocycles. The van der Waals surface area contributed by atoms with Crippen LogP contribution in [0.5, 0.6) is 5.75 Å². The summed E-state index contributed by atoms with van der Waals surface area (Å²) < 4.78 is 28.4. The number of hydrogen-bond donors (Lipinski definition) is 1. The molecule has 1 fully saturated rings. The van der Waals surface area contributed by atoms with Crippen LogP contribution in [0.2, 0.25) is 0 Å². The number of pyridine rings is 1. The monoisotopic (exact) mass is 529 g/mol. The van der Waals surface area contributed by atoms with Crippen molar-refractivity contribution >= 4 is 17.9 Å². The molecule has 1 aliphatic heterocycles. The zero-order chi connectivity index (χ0) is 27.8. The second-order valence-electron chi connectivity index (χ2n) is 10.2. The number of aliphatic hydroxyl groups is 1. The molecule has 4 rings (SSSR count). The van der Waals surface area contributed by atoms with Crippen LogP contribution in [-0.4, -0.2) is 51.9 Å². The molecule has 2 aromatic rings. The molecule has 0 unspecified atom stereocenters. The van der Waals surface area contributed by atoms with Crippen molar-refractivity contribution in [2.45, 2.75) is 70.9 Å². The van der Waals surface area contributed by atoms with Gasteiger partial charge in [0.05, 0.1) is 6.10 Å². The second-order valence-corrected chi connectivity index (χ2v) is 10.2. The predicted octanol–water partition coefficient (Wildman–Crippen LogP) is 2.73. The lowest BCUT2D eigenvalue weighted by atomic mass is 9.62. The molecule has 204 valence electrons. The van der Waals surface area contributed by atoms with Crippen LogP contribution in [-0.2, 0) is 28.6 Å². The molecular weight excluding hydrogens is 498 g/mol. The normalized spacial score (nSPS) is 27.5. The Hall–Kier alpha value is -3.73. The highest BCUT2D eigenvalue weighted by atomic mass is 16.6. The SMILES string of the molecule is CC(=O)OC[C@@](C)(OC(C)=O)[C@@H]1C[C@H](OC(C)=O)[C@@]2(C)Oc3cc(-c4cccnc4)oc(=O)c3[C@H](O)[C@@H]2C1. The van der Waals surface area contributed by atoms with Gasteiger partial charge in [-0.15, -0.1) is 0 Å². The number of nitrogens with zero attached hydrogens (tertiary/aromatic N) is 1. The maximum atomic E-state index is 13.1. The van der Waals surface area contributed by atoms with Gasteiger partial charge in [0, 0.05) is 56.6 Å². The summed E-state index contributed by atoms with van der Waals surface area (Å²) >= 11 is 0. The summed E-state index contributed by atoms with van der Waals surface area (Å²) in [6, 6.07) is 4.92. The third-order valence-electron chi connectivity index (χ3n) is 7.43. The summed E-state index contributed by atoms with van der Waals surface area (Å²) in [5.74, 6) is -2.70. The van der Waals surface area contributed by atoms with Crippen LogP contribution < -0.4 is 10.4 Å². The van der Waals surface area contributed by atoms with E-state index in [0.717, 1.165) is 0 Å². The highest BCUT2D eigenvalue weighted by molar-refractivity contribution is 5.68. The van der Waals surface area contributed by atoms with Crippen molar-refractivity contribution < 1.29 is 42.9 Å². The topological polar surface area (TPSA) is 151 Å². The Kier molecular flexibility index (Phi) is 7.33. The number of aliphatic hydroxyl groups excluding tert-OH is 1. The van der Waals surface area contributed by atoms with Crippen molar-refractivity contribution in [3.05, 3.63) is 46.6 Å². The minimum absolute atomic E-state index is 0.0588. The van der Waals surface area contributed by atoms with Crippen molar-refractivity contribution in [2.24, 2.45) is 11.8 Å². The Morgan fingerprint density at radius 2 is 1.92 bits per heavy atom. The number of fused-ring (bicyclic) bond motifs is 2. The average Bonchev–Trinajstić information content (AvgIpc) is 2.83. The lowest BCUT2D eigenvalue weighted by Crippen LogP contribution is -2.63. The fourth-order valence-corrected chi connectivity index (χ4v) is 5.54. The van der Waals surface area contributed by atoms with Gasteiger partial charge in [-0.1, -0.05) is 0 Å². The van der Waals surface area contributed by atoms with E-state index in [1.54, 1.807) is 32.2 Å². The molecule has 6 atom stereocenters. The molecule has 0 spiro atoms. The number of esters is 3. The van der Waals surface area contributed by atoms with Crippen molar-refractivity contribution in [1.82, 2.24) is 4.98 Å². The van der Waals surface area contributed by atoms with Gasteiger partial charge in [0.25, 0.3) is 0 Å². The van der Waals surface area contributed by atoms with Crippen LogP contribution in [0.4, 0.5) is 0 Å². The number of carbonyl (C=O) groups excluding carboxylic acids is 3. The molecule has 1 saturated carbocycles. The summed E-state index contributed by atoms with van der Waals surface area (Å²) in [6.45, 7) is 6.82. The van der Waals surface area contributed by atoms with Gasteiger partial charge in [0.2, 0.25) is 0 Å². The van der Waals surface area contributed by atoms with Gasteiger partial charge in [-0.25, -0.2) is 4.79 Å². The minimum atomic E-state index is -1.35. The summed E-state index contributed by atoms with van der Waals surface area (Å²) in [6.07, 6.45) is 1.24. The highest BCUT2D eigenvalue weighted by Gasteiger charge is 2.60. The van der Waals surface area contributed by atoms with Gasteiger partial charge in [0.15, 0.2) is 0 Å². The smallest absolute Gasteiger partial charge is 0.345 e. The van der Waals surface area contributed by atoms with Gasteiger partial charge in [-0.05, 0) is 38.8 Å². The first-order chi connectivity index (χ1) is 17.8. The zero-order valence-electron chi connectivity index (χ0n) is 21.9. The Labute approximate surface area is 219 Å². The first-order valence-electron chi connectivity index (χ1n) is 12.3. The van der Waals surface area contributed by atoms with E-state index in [-0.39, 0.29) is 36.5 Å². The molecule has 11 heteroatoms. The summed E-state index contributed by atoms with van der Waals surface area (Å²) in [5.41, 5.74) is -2.83. The average molecular weight is 530 g/mol. The quantitative estimate of drug-likeness (QED) is 0.434. The minimum Gasteiger partial charge on any atom is -0.482 e. The van der Waals surface area contributed by atoms with E-state index in [0.29, 0.717) is 5.56 Å². The Morgan fingerprint density at radius 1 is 1.18 bits per heavy atom. The Morgan fingerprint density at radius 3 is 2.53 bits per heavy atom. The number of ether oxygens (including phenoxy) is 4. The molecule has 1 aliphatic carbocycles. The molecule has 0 bridgehead atoms. The largest absolute Gasteiger partial charge is 0.482 e. The lowest BCUT2D eigenvalue weighted by Gasteiger charge is -2.54. The molecule has 2 aromatic heterocycles. The second kappa shape index (κ2) is 10.2. The van der Waals surface area contributed by atoms with Gasteiger partial charge >= 0.3 is 23.5 Å². The van der Waals surface area contributed by atoms with Gasteiger partial charge in [-0.2, -0.15) is 0 Å². The maximum Gasteiger partial charge on any atom is 0.345 e. The van der Waals surface area contributed by atoms with Crippen LogP contribution >= 0.6 is 0 Å². The van der Waals surface area contributed by atoms with Crippen LogP contribution in [0.25, 0.3) is 11.3 Å². The molecule has 0 saturated heterocycles. The standard InChI is InChI=1S/C27H31NO10/c1-14(29)34-13-26(4,37-16(3)31)18-9-19-24(32)23-21(38-27(19,5)22(10-18)35-15(2)30)11-20(36-25(23)33)17-7-6-8-28-12-17/h6-8,11-12,18-19,22,24,32H,9-10,13H2,1-5H3/t18-,19-,22-,24+,26+,27-/m0/s1. The van der Waals surface area contributed by atoms with Gasteiger partial charge in [0.1, 0.15) is 41.0 Å². The molecule has 0 radical (unpaired) electrons. The third kappa shape index (κ3) is 5.15. The summed E-state index contributed by atoms with van der Waals surface area (Å²) in [4.78, 5) is 52.8. The van der Waals surface area contributed by atoms with Gasteiger partial charge < -0.3 is 28.5 Å². The molecule has 2 aliphatic rings. The number of carbonyl (C=O) groups is 3. The summed E-state index contributed by atoms with van der Waals surface area (Å²) in [7, 11) is 0. The van der Waals surface area contributed by atoms with Crippen molar-refractivity contribution in [3.8, 4) is 17.1 Å². The van der Waals surface area contributed by atoms with Crippen LogP contribution in [0.1, 0.15) is 59.1 Å². The molecule has 11 nitrogen and oxygen atoms in total. The molecule has 0 amide bonds. The number of hydrogen-bond acceptors (Lipinski definition) is 11. The lowest BCUT2D eigenvalue weighted by molar-refractivity contribution is -0.215. The third-order valence-corrected chi connectivity index (χ3v) is 7.43. The van der Waals surface area contributed by atoms with E-state index < -0.39 is 58.8 Å². The van der Waals surface area contributed by atoms with Crippen LogP contribution in [0, 0.1) is 11.8 Å². The van der Waals surface area contributed by atoms with Gasteiger partial charge in [-0.3, -0.25) is 19.4 Å². The van der Waals surface area contributed by atoms with E-state index >= 15 is 0 Å². The number of aromatic nitrogens is 1. The molecule has 3 heterocycles. The van der Waals surface area contributed by atoms with E-state index in [1.807, 2.05) is 0 Å². The van der Waals surface area contributed by atoms with Crippen molar-refractivity contribution in [3.63, 3.8) is 0 Å². The van der Waals surface area contributed by atoms with E-state index in [1.165, 1.54) is 33.0 Å². The molecule has 1 N–H and O–H groups in total. The zero-order valence-corrected chi connectivity index (χ0v) is 21.9. The van der Waals surface area contributed by atoms with Crippen molar-refractivity contribution in [2.75, 3.05) is 6.61 Å². The van der Waals surface area contributed by atoms with Crippen LogP contribution in [0.3, 0.4) is 0 Å².